The molecule has 0 atom stereocenters. The highest BCUT2D eigenvalue weighted by Gasteiger charge is 2.30. The van der Waals surface area contributed by atoms with Gasteiger partial charge in [-0.1, -0.05) is 0 Å². The Morgan fingerprint density at radius 1 is 0.750 bits per heavy atom. The van der Waals surface area contributed by atoms with E-state index < -0.39 is 0 Å². The SMILES string of the molecule is BBB(B)B(B(B)B)B(B)BB. The lowest BCUT2D eigenvalue weighted by molar-refractivity contribution is 3.48. The van der Waals surface area contributed by atoms with Crippen molar-refractivity contribution in [1.82, 2.24) is 0 Å². The smallest absolute Gasteiger partial charge is 0.00397 e. The number of hydrogen-bond donors (Lipinski definition) is 0. The molecule has 0 bridgehead atoms. The van der Waals surface area contributed by atoms with Gasteiger partial charge in [0.25, 0.3) is 0 Å². The van der Waals surface area contributed by atoms with E-state index >= 15 is 0 Å². The summed E-state index contributed by atoms with van der Waals surface area (Å²) in [5.41, 5.74) is 0. The first-order valence-corrected chi connectivity index (χ1v) is 5.54. The molecular weight excluding hydrogens is 130 g/mol. The second-order valence-electron chi connectivity index (χ2n) is 4.59. The molecule has 0 saturated carbocycles. The van der Waals surface area contributed by atoms with Gasteiger partial charge in [-0.25, -0.2) is 0 Å². The molecule has 0 heterocycles. The van der Waals surface area contributed by atoms with E-state index in [2.05, 4.69) is 46.4 Å². The highest BCUT2D eigenvalue weighted by atomic mass is 13.1. The molecule has 0 aliphatic carbocycles. The lowest BCUT2D eigenvalue weighted by Gasteiger charge is -2.25. The average Bonchev–Trinajstić information content (AvgIpc) is 2.03. The van der Waals surface area contributed by atoms with E-state index in [4.69, 9.17) is 0 Å². The van der Waals surface area contributed by atoms with Crippen molar-refractivity contribution in [3.05, 3.63) is 0 Å². The van der Waals surface area contributed by atoms with E-state index in [1.807, 2.05) is 0 Å². The van der Waals surface area contributed by atoms with Crippen molar-refractivity contribution in [3.63, 3.8) is 0 Å². The minimum atomic E-state index is 0.842. The molecule has 0 spiro atoms. The van der Waals surface area contributed by atoms with Crippen molar-refractivity contribution >= 4 is 86.1 Å². The Morgan fingerprint density at radius 2 is 1.08 bits per heavy atom. The predicted octanol–water partition coefficient (Wildman–Crippen LogP) is -8.32. The summed E-state index contributed by atoms with van der Waals surface area (Å²) in [5.74, 6) is 0. The Hall–Kier alpha value is 0.779. The van der Waals surface area contributed by atoms with Gasteiger partial charge in [-0.05, 0) is 0 Å². The van der Waals surface area contributed by atoms with Crippen LogP contribution in [0, 0.1) is 0 Å². The van der Waals surface area contributed by atoms with Crippen LogP contribution in [0.3, 0.4) is 0 Å². The number of rotatable bonds is 5. The molecule has 0 aliphatic rings. The summed E-state index contributed by atoms with van der Waals surface area (Å²) in [6.45, 7) is 0. The molecule has 0 saturated heterocycles. The van der Waals surface area contributed by atoms with Crippen LogP contribution >= 0.6 is 0 Å². The molecule has 0 nitrogen and oxygen atoms in total. The van der Waals surface area contributed by atoms with Gasteiger partial charge < -0.3 is 0 Å². The van der Waals surface area contributed by atoms with Crippen molar-refractivity contribution in [1.29, 1.82) is 0 Å². The molecule has 0 aromatic heterocycles. The minimum absolute atomic E-state index is 0.842. The molecule has 0 rings (SSSR count). The van der Waals surface area contributed by atoms with E-state index in [9.17, 15) is 0 Å². The van der Waals surface area contributed by atoms with Crippen LogP contribution in [0.5, 0.6) is 0 Å². The molecule has 0 aromatic rings. The second-order valence-corrected chi connectivity index (χ2v) is 4.59. The first-order valence-electron chi connectivity index (χ1n) is 5.54. The van der Waals surface area contributed by atoms with E-state index in [1.165, 1.54) is 14.1 Å². The van der Waals surface area contributed by atoms with Crippen LogP contribution in [-0.2, 0) is 0 Å². The summed E-state index contributed by atoms with van der Waals surface area (Å²) >= 11 is 0. The van der Waals surface area contributed by atoms with Crippen LogP contribution in [0.25, 0.3) is 0 Å². The van der Waals surface area contributed by atoms with Crippen molar-refractivity contribution in [3.8, 4) is 0 Å². The highest BCUT2D eigenvalue weighted by molar-refractivity contribution is 8.03. The minimum Gasteiger partial charge on any atom is 0.00397 e. The molecule has 0 aliphatic heterocycles. The van der Waals surface area contributed by atoms with Gasteiger partial charge in [-0.2, -0.15) is 0 Å². The summed E-state index contributed by atoms with van der Waals surface area (Å²) in [5, 5.41) is 0. The fraction of sp³-hybridized carbons (Fsp3) is 0. The summed E-state index contributed by atoms with van der Waals surface area (Å²) in [6, 6.07) is 0. The first-order chi connectivity index (χ1) is 5.54. The van der Waals surface area contributed by atoms with Crippen LogP contribution in [0.2, 0.25) is 0 Å². The maximum atomic E-state index is 2.40. The number of hydrogen-bond acceptors (Lipinski definition) is 0. The third-order valence-corrected chi connectivity index (χ3v) is 3.37. The molecule has 0 fully saturated rings. The van der Waals surface area contributed by atoms with Crippen molar-refractivity contribution in [2.24, 2.45) is 0 Å². The summed E-state index contributed by atoms with van der Waals surface area (Å²) in [6.07, 6.45) is 3.54. The normalized spacial score (nSPS) is 8.33. The summed E-state index contributed by atoms with van der Waals surface area (Å²) in [7, 11) is 16.8. The van der Waals surface area contributed by atoms with Gasteiger partial charge in [-0.3, -0.25) is 0 Å². The quantitative estimate of drug-likeness (QED) is 0.336. The fourth-order valence-corrected chi connectivity index (χ4v) is 2.42. The van der Waals surface area contributed by atoms with Crippen LogP contribution in [0.4, 0.5) is 0 Å². The highest BCUT2D eigenvalue weighted by Crippen LogP contribution is 1.90. The van der Waals surface area contributed by atoms with Gasteiger partial charge in [0, 0.05) is 39.7 Å². The topological polar surface area (TPSA) is 0 Å². The van der Waals surface area contributed by atoms with Crippen molar-refractivity contribution in [2.75, 3.05) is 0 Å². The maximum Gasteiger partial charge on any atom is 0.0594 e. The molecule has 0 N–H and O–H groups in total. The first kappa shape index (κ1) is 12.8. The van der Waals surface area contributed by atoms with Gasteiger partial charge >= 0.3 is 0 Å². The Balaban J connectivity index is 4.21. The zero-order valence-corrected chi connectivity index (χ0v) is 9.72. The third kappa shape index (κ3) is 3.66. The monoisotopic (exact) mass is 146 g/mol. The van der Waals surface area contributed by atoms with E-state index in [-0.39, 0.29) is 0 Å². The molecule has 0 unspecified atom stereocenters. The van der Waals surface area contributed by atoms with Gasteiger partial charge in [0.05, 0.1) is 46.4 Å². The lowest BCUT2D eigenvalue weighted by Crippen LogP contribution is -2.65. The molecule has 12 heteroatoms. The van der Waals surface area contributed by atoms with Crippen molar-refractivity contribution < 1.29 is 0 Å². The van der Waals surface area contributed by atoms with Crippen molar-refractivity contribution in [2.45, 2.75) is 0 Å². The average molecular weight is 144 g/mol. The molecule has 0 radical (unpaired) electrons. The lowest BCUT2D eigenvalue weighted by atomic mass is 8.54. The summed E-state index contributed by atoms with van der Waals surface area (Å²) < 4.78 is 0. The molecule has 0 aromatic carbocycles. The Morgan fingerprint density at radius 3 is 1.25 bits per heavy atom. The zero-order chi connectivity index (χ0) is 9.72. The zero-order valence-electron chi connectivity index (χ0n) is 9.72. The summed E-state index contributed by atoms with van der Waals surface area (Å²) in [4.78, 5) is 0. The largest absolute Gasteiger partial charge is 0.0594 e. The molecule has 50 valence electrons. The van der Waals surface area contributed by atoms with Crippen LogP contribution in [0.1, 0.15) is 0 Å². The van der Waals surface area contributed by atoms with Gasteiger partial charge in [0.2, 0.25) is 0 Å². The van der Waals surface area contributed by atoms with Crippen LogP contribution in [0.15, 0.2) is 0 Å². The second kappa shape index (κ2) is 6.27. The Bertz CT molecular complexity index is 94.6. The predicted molar refractivity (Wildman–Crippen MR) is 88.6 cm³/mol. The molecule has 0 amide bonds. The van der Waals surface area contributed by atoms with E-state index in [0.29, 0.717) is 0 Å². The Kier molecular flexibility index (Phi) is 6.67. The molecular formula is H14B12. The standard InChI is InChI=1S/B12H14/c1-7-10(5)12(9(3)4)11(6)8-2/h7-8H,1-6H2. The van der Waals surface area contributed by atoms with Crippen LogP contribution < -0.4 is 0 Å². The molecule has 12 heavy (non-hydrogen) atoms. The van der Waals surface area contributed by atoms with Gasteiger partial charge in [0.15, 0.2) is 0 Å². The Labute approximate surface area is 86.4 Å². The maximum absolute atomic E-state index is 2.40. The fourth-order valence-electron chi connectivity index (χ4n) is 2.42. The third-order valence-electron chi connectivity index (χ3n) is 3.37. The van der Waals surface area contributed by atoms with E-state index in [1.54, 1.807) is 0 Å². The van der Waals surface area contributed by atoms with E-state index in [0.717, 1.165) is 25.5 Å². The van der Waals surface area contributed by atoms with Crippen LogP contribution in [-0.4, -0.2) is 86.1 Å². The van der Waals surface area contributed by atoms with Gasteiger partial charge in [0.1, 0.15) is 0 Å². The van der Waals surface area contributed by atoms with Gasteiger partial charge in [-0.15, -0.1) is 0 Å².